The summed E-state index contributed by atoms with van der Waals surface area (Å²) in [6, 6.07) is 3.88. The van der Waals surface area contributed by atoms with Crippen LogP contribution < -0.4 is 15.4 Å². The number of carbonyl (C=O) groups is 2. The second-order valence-electron chi connectivity index (χ2n) is 4.78. The molecule has 0 aromatic heterocycles. The van der Waals surface area contributed by atoms with Gasteiger partial charge in [-0.3, -0.25) is 0 Å². The molecule has 1 atom stereocenters. The number of urea groups is 1. The van der Waals surface area contributed by atoms with Crippen molar-refractivity contribution in [3.8, 4) is 5.75 Å². The molecule has 3 N–H and O–H groups in total. The van der Waals surface area contributed by atoms with E-state index in [0.717, 1.165) is 13.0 Å². The molecule has 7 heteroatoms. The molecule has 0 radical (unpaired) electrons. The number of carboxylic acids is 1. The van der Waals surface area contributed by atoms with Crippen LogP contribution in [0.15, 0.2) is 18.2 Å². The zero-order valence-electron chi connectivity index (χ0n) is 11.7. The molecule has 0 bridgehead atoms. The van der Waals surface area contributed by atoms with Crippen molar-refractivity contribution in [1.82, 2.24) is 5.32 Å². The largest absolute Gasteiger partial charge is 0.495 e. The summed E-state index contributed by atoms with van der Waals surface area (Å²) < 4.78 is 10.3. The van der Waals surface area contributed by atoms with Gasteiger partial charge >= 0.3 is 12.0 Å². The molecular weight excluding hydrogens is 276 g/mol. The van der Waals surface area contributed by atoms with Crippen LogP contribution in [0.2, 0.25) is 0 Å². The molecule has 1 aliphatic rings. The monoisotopic (exact) mass is 294 g/mol. The first-order valence-electron chi connectivity index (χ1n) is 6.64. The van der Waals surface area contributed by atoms with Gasteiger partial charge in [0.05, 0.1) is 25.0 Å². The number of carbonyl (C=O) groups excluding carboxylic acids is 1. The molecular formula is C14H18N2O5. The fourth-order valence-electron chi connectivity index (χ4n) is 2.09. The quantitative estimate of drug-likeness (QED) is 0.765. The van der Waals surface area contributed by atoms with Crippen LogP contribution in [-0.4, -0.2) is 44.0 Å². The van der Waals surface area contributed by atoms with Gasteiger partial charge in [-0.25, -0.2) is 9.59 Å². The number of benzene rings is 1. The van der Waals surface area contributed by atoms with Crippen molar-refractivity contribution in [3.63, 3.8) is 0 Å². The molecule has 1 saturated heterocycles. The van der Waals surface area contributed by atoms with Crippen LogP contribution in [0.1, 0.15) is 16.8 Å². The van der Waals surface area contributed by atoms with Crippen LogP contribution in [0, 0.1) is 5.92 Å². The third kappa shape index (κ3) is 4.09. The Bertz CT molecular complexity index is 526. The SMILES string of the molecule is COc1ccc(C(=O)O)cc1NC(=O)NCC1CCOC1. The second-order valence-corrected chi connectivity index (χ2v) is 4.78. The van der Waals surface area contributed by atoms with Crippen LogP contribution in [0.3, 0.4) is 0 Å². The van der Waals surface area contributed by atoms with Gasteiger partial charge in [0, 0.05) is 19.1 Å². The molecule has 2 rings (SSSR count). The number of ether oxygens (including phenoxy) is 2. The molecule has 1 aliphatic heterocycles. The van der Waals surface area contributed by atoms with Gasteiger partial charge < -0.3 is 25.2 Å². The standard InChI is InChI=1S/C14H18N2O5/c1-20-12-3-2-10(13(17)18)6-11(12)16-14(19)15-7-9-4-5-21-8-9/h2-3,6,9H,4-5,7-8H2,1H3,(H,17,18)(H2,15,16,19). The fraction of sp³-hybridized carbons (Fsp3) is 0.429. The van der Waals surface area contributed by atoms with Gasteiger partial charge in [-0.05, 0) is 24.6 Å². The van der Waals surface area contributed by atoms with E-state index >= 15 is 0 Å². The van der Waals surface area contributed by atoms with E-state index in [9.17, 15) is 9.59 Å². The number of anilines is 1. The third-order valence-corrected chi connectivity index (χ3v) is 3.27. The van der Waals surface area contributed by atoms with Crippen molar-refractivity contribution in [1.29, 1.82) is 0 Å². The highest BCUT2D eigenvalue weighted by Gasteiger charge is 2.17. The normalized spacial score (nSPS) is 17.3. The third-order valence-electron chi connectivity index (χ3n) is 3.27. The topological polar surface area (TPSA) is 96.9 Å². The van der Waals surface area contributed by atoms with Gasteiger partial charge in [0.15, 0.2) is 0 Å². The van der Waals surface area contributed by atoms with Crippen molar-refractivity contribution in [3.05, 3.63) is 23.8 Å². The second kappa shape index (κ2) is 6.94. The Balaban J connectivity index is 1.97. The van der Waals surface area contributed by atoms with Crippen LogP contribution in [0.5, 0.6) is 5.75 Å². The first-order chi connectivity index (χ1) is 10.1. The maximum Gasteiger partial charge on any atom is 0.335 e. The van der Waals surface area contributed by atoms with E-state index in [1.807, 2.05) is 0 Å². The zero-order valence-corrected chi connectivity index (χ0v) is 11.7. The maximum atomic E-state index is 11.9. The summed E-state index contributed by atoms with van der Waals surface area (Å²) in [5.41, 5.74) is 0.396. The van der Waals surface area contributed by atoms with Crippen LogP contribution >= 0.6 is 0 Å². The number of amides is 2. The van der Waals surface area contributed by atoms with E-state index in [2.05, 4.69) is 10.6 Å². The predicted octanol–water partition coefficient (Wildman–Crippen LogP) is 1.55. The van der Waals surface area contributed by atoms with E-state index < -0.39 is 12.0 Å². The summed E-state index contributed by atoms with van der Waals surface area (Å²) in [6.45, 7) is 1.90. The van der Waals surface area contributed by atoms with E-state index in [4.69, 9.17) is 14.6 Å². The Morgan fingerprint density at radius 1 is 1.48 bits per heavy atom. The minimum atomic E-state index is -1.07. The highest BCUT2D eigenvalue weighted by molar-refractivity contribution is 5.94. The van der Waals surface area contributed by atoms with Crippen molar-refractivity contribution < 1.29 is 24.2 Å². The van der Waals surface area contributed by atoms with Crippen molar-refractivity contribution in [2.75, 3.05) is 32.2 Å². The highest BCUT2D eigenvalue weighted by Crippen LogP contribution is 2.25. The number of aromatic carboxylic acids is 1. The fourth-order valence-corrected chi connectivity index (χ4v) is 2.09. The molecule has 0 aliphatic carbocycles. The summed E-state index contributed by atoms with van der Waals surface area (Å²) in [7, 11) is 1.45. The molecule has 0 spiro atoms. The molecule has 1 aromatic rings. The van der Waals surface area contributed by atoms with Crippen molar-refractivity contribution in [2.24, 2.45) is 5.92 Å². The average Bonchev–Trinajstić information content (AvgIpc) is 2.98. The van der Waals surface area contributed by atoms with Gasteiger partial charge in [0.1, 0.15) is 5.75 Å². The number of methoxy groups -OCH3 is 1. The number of hydrogen-bond donors (Lipinski definition) is 3. The van der Waals surface area contributed by atoms with Crippen molar-refractivity contribution >= 4 is 17.7 Å². The Labute approximate surface area is 122 Å². The lowest BCUT2D eigenvalue weighted by Crippen LogP contribution is -2.33. The molecule has 1 heterocycles. The molecule has 0 saturated carbocycles. The lowest BCUT2D eigenvalue weighted by atomic mass is 10.1. The maximum absolute atomic E-state index is 11.9. The number of rotatable bonds is 5. The van der Waals surface area contributed by atoms with Gasteiger partial charge in [0.25, 0.3) is 0 Å². The van der Waals surface area contributed by atoms with Gasteiger partial charge in [0.2, 0.25) is 0 Å². The highest BCUT2D eigenvalue weighted by atomic mass is 16.5. The van der Waals surface area contributed by atoms with Crippen LogP contribution in [0.25, 0.3) is 0 Å². The minimum Gasteiger partial charge on any atom is -0.495 e. The molecule has 2 amide bonds. The zero-order chi connectivity index (χ0) is 15.2. The van der Waals surface area contributed by atoms with E-state index in [-0.39, 0.29) is 5.56 Å². The van der Waals surface area contributed by atoms with E-state index in [0.29, 0.717) is 30.5 Å². The summed E-state index contributed by atoms with van der Waals surface area (Å²) in [4.78, 5) is 22.8. The molecule has 1 fully saturated rings. The summed E-state index contributed by atoms with van der Waals surface area (Å²) in [6.07, 6.45) is 0.929. The Morgan fingerprint density at radius 3 is 2.90 bits per heavy atom. The average molecular weight is 294 g/mol. The molecule has 21 heavy (non-hydrogen) atoms. The first-order valence-corrected chi connectivity index (χ1v) is 6.64. The smallest absolute Gasteiger partial charge is 0.335 e. The summed E-state index contributed by atoms with van der Waals surface area (Å²) in [5, 5.41) is 14.3. The Hall–Kier alpha value is -2.28. The number of hydrogen-bond acceptors (Lipinski definition) is 4. The molecule has 114 valence electrons. The molecule has 1 aromatic carbocycles. The Morgan fingerprint density at radius 2 is 2.29 bits per heavy atom. The van der Waals surface area contributed by atoms with Crippen LogP contribution in [0.4, 0.5) is 10.5 Å². The number of carboxylic acid groups (broad SMARTS) is 1. The van der Waals surface area contributed by atoms with Crippen LogP contribution in [-0.2, 0) is 4.74 Å². The summed E-state index contributed by atoms with van der Waals surface area (Å²) >= 11 is 0. The lowest BCUT2D eigenvalue weighted by Gasteiger charge is -2.13. The van der Waals surface area contributed by atoms with E-state index in [1.54, 1.807) is 0 Å². The Kier molecular flexibility index (Phi) is 4.99. The predicted molar refractivity (Wildman–Crippen MR) is 75.9 cm³/mol. The number of nitrogens with one attached hydrogen (secondary N) is 2. The van der Waals surface area contributed by atoms with Gasteiger partial charge in [-0.15, -0.1) is 0 Å². The lowest BCUT2D eigenvalue weighted by molar-refractivity contribution is 0.0697. The van der Waals surface area contributed by atoms with E-state index in [1.165, 1.54) is 25.3 Å². The summed E-state index contributed by atoms with van der Waals surface area (Å²) in [5.74, 6) is -0.341. The van der Waals surface area contributed by atoms with Gasteiger partial charge in [-0.1, -0.05) is 0 Å². The van der Waals surface area contributed by atoms with Gasteiger partial charge in [-0.2, -0.15) is 0 Å². The minimum absolute atomic E-state index is 0.0790. The van der Waals surface area contributed by atoms with Crippen molar-refractivity contribution in [2.45, 2.75) is 6.42 Å². The molecule has 1 unspecified atom stereocenters. The first kappa shape index (κ1) is 15.1. The molecule has 7 nitrogen and oxygen atoms in total.